The maximum Gasteiger partial charge on any atom is 0.142 e. The van der Waals surface area contributed by atoms with E-state index in [2.05, 4.69) is 32.7 Å². The molecule has 84 valence electrons. The largest absolute Gasteiger partial charge is 0.354 e. The lowest BCUT2D eigenvalue weighted by Crippen LogP contribution is -2.27. The van der Waals surface area contributed by atoms with Crippen LogP contribution in [0.3, 0.4) is 0 Å². The van der Waals surface area contributed by atoms with Gasteiger partial charge in [0, 0.05) is 25.2 Å². The molecule has 0 aliphatic carbocycles. The maximum atomic E-state index is 5.79. The van der Waals surface area contributed by atoms with Crippen molar-refractivity contribution in [1.29, 1.82) is 0 Å². The molecule has 0 atom stereocenters. The topological polar surface area (TPSA) is 16.1 Å². The SMILES string of the molecule is CCCCN(CCCl)c1ncccc1Br. The molecule has 0 aliphatic heterocycles. The molecule has 2 nitrogen and oxygen atoms in total. The zero-order chi connectivity index (χ0) is 11.1. The smallest absolute Gasteiger partial charge is 0.142 e. The van der Waals surface area contributed by atoms with Crippen molar-refractivity contribution >= 4 is 33.3 Å². The van der Waals surface area contributed by atoms with Crippen molar-refractivity contribution in [3.8, 4) is 0 Å². The van der Waals surface area contributed by atoms with Gasteiger partial charge in [-0.05, 0) is 34.5 Å². The molecule has 0 unspecified atom stereocenters. The molecule has 1 rings (SSSR count). The predicted molar refractivity (Wildman–Crippen MR) is 69.8 cm³/mol. The molecule has 0 aromatic carbocycles. The Morgan fingerprint density at radius 2 is 2.27 bits per heavy atom. The first-order chi connectivity index (χ1) is 7.29. The zero-order valence-corrected chi connectivity index (χ0v) is 11.3. The van der Waals surface area contributed by atoms with Crippen LogP contribution < -0.4 is 4.90 Å². The van der Waals surface area contributed by atoms with Crippen molar-refractivity contribution in [3.05, 3.63) is 22.8 Å². The monoisotopic (exact) mass is 290 g/mol. The van der Waals surface area contributed by atoms with Gasteiger partial charge in [-0.25, -0.2) is 4.98 Å². The second kappa shape index (κ2) is 7.07. The minimum atomic E-state index is 0.632. The minimum absolute atomic E-state index is 0.632. The lowest BCUT2D eigenvalue weighted by Gasteiger charge is -2.23. The first kappa shape index (κ1) is 12.8. The van der Waals surface area contributed by atoms with Gasteiger partial charge in [-0.3, -0.25) is 0 Å². The van der Waals surface area contributed by atoms with Gasteiger partial charge < -0.3 is 4.90 Å². The molecule has 0 radical (unpaired) electrons. The Balaban J connectivity index is 2.74. The van der Waals surface area contributed by atoms with E-state index in [1.54, 1.807) is 0 Å². The molecule has 0 saturated carbocycles. The van der Waals surface area contributed by atoms with E-state index in [4.69, 9.17) is 11.6 Å². The normalized spacial score (nSPS) is 10.3. The minimum Gasteiger partial charge on any atom is -0.354 e. The maximum absolute atomic E-state index is 5.79. The highest BCUT2D eigenvalue weighted by Crippen LogP contribution is 2.23. The van der Waals surface area contributed by atoms with Gasteiger partial charge in [0.05, 0.1) is 4.47 Å². The third kappa shape index (κ3) is 3.99. The van der Waals surface area contributed by atoms with Gasteiger partial charge in [-0.1, -0.05) is 13.3 Å². The summed E-state index contributed by atoms with van der Waals surface area (Å²) >= 11 is 9.30. The summed E-state index contributed by atoms with van der Waals surface area (Å²) < 4.78 is 1.03. The Morgan fingerprint density at radius 3 is 2.87 bits per heavy atom. The van der Waals surface area contributed by atoms with Crippen LogP contribution in [0.25, 0.3) is 0 Å². The molecule has 0 bridgehead atoms. The van der Waals surface area contributed by atoms with E-state index in [0.29, 0.717) is 5.88 Å². The number of halogens is 2. The van der Waals surface area contributed by atoms with E-state index in [1.165, 1.54) is 12.8 Å². The number of hydrogen-bond donors (Lipinski definition) is 0. The van der Waals surface area contributed by atoms with Crippen LogP contribution in [0.5, 0.6) is 0 Å². The van der Waals surface area contributed by atoms with E-state index < -0.39 is 0 Å². The van der Waals surface area contributed by atoms with Crippen LogP contribution in [-0.4, -0.2) is 24.0 Å². The van der Waals surface area contributed by atoms with E-state index in [1.807, 2.05) is 18.3 Å². The summed E-state index contributed by atoms with van der Waals surface area (Å²) in [5.41, 5.74) is 0. The highest BCUT2D eigenvalue weighted by Gasteiger charge is 2.09. The fraction of sp³-hybridized carbons (Fsp3) is 0.545. The Hall–Kier alpha value is -0.280. The number of alkyl halides is 1. The van der Waals surface area contributed by atoms with E-state index >= 15 is 0 Å². The highest BCUT2D eigenvalue weighted by molar-refractivity contribution is 9.10. The molecule has 0 amide bonds. The van der Waals surface area contributed by atoms with Gasteiger partial charge in [0.1, 0.15) is 5.82 Å². The van der Waals surface area contributed by atoms with Gasteiger partial charge in [0.25, 0.3) is 0 Å². The van der Waals surface area contributed by atoms with Crippen LogP contribution in [-0.2, 0) is 0 Å². The summed E-state index contributed by atoms with van der Waals surface area (Å²) in [4.78, 5) is 6.59. The van der Waals surface area contributed by atoms with Crippen molar-refractivity contribution in [2.24, 2.45) is 0 Å². The number of anilines is 1. The van der Waals surface area contributed by atoms with Gasteiger partial charge in [-0.2, -0.15) is 0 Å². The third-order valence-corrected chi connectivity index (χ3v) is 2.96. The summed E-state index contributed by atoms with van der Waals surface area (Å²) in [6.07, 6.45) is 4.16. The fourth-order valence-electron chi connectivity index (χ4n) is 1.38. The second-order valence-corrected chi connectivity index (χ2v) is 4.57. The van der Waals surface area contributed by atoms with Crippen LogP contribution in [0.15, 0.2) is 22.8 Å². The lowest BCUT2D eigenvalue weighted by molar-refractivity contribution is 0.724. The molecule has 0 fully saturated rings. The number of unbranched alkanes of at least 4 members (excludes halogenated alkanes) is 1. The van der Waals surface area contributed by atoms with Gasteiger partial charge >= 0.3 is 0 Å². The molecule has 0 N–H and O–H groups in total. The Morgan fingerprint density at radius 1 is 1.47 bits per heavy atom. The molecular formula is C11H16BrClN2. The molecule has 1 heterocycles. The fourth-order valence-corrected chi connectivity index (χ4v) is 2.09. The standard InChI is InChI=1S/C11H16BrClN2/c1-2-3-8-15(9-6-13)11-10(12)5-4-7-14-11/h4-5,7H,2-3,6,8-9H2,1H3. The van der Waals surface area contributed by atoms with Crippen LogP contribution in [0.1, 0.15) is 19.8 Å². The molecule has 4 heteroatoms. The van der Waals surface area contributed by atoms with Crippen molar-refractivity contribution in [1.82, 2.24) is 4.98 Å². The average Bonchev–Trinajstić information content (AvgIpc) is 2.25. The van der Waals surface area contributed by atoms with Crippen LogP contribution in [0.4, 0.5) is 5.82 Å². The summed E-state index contributed by atoms with van der Waals surface area (Å²) in [6, 6.07) is 3.93. The summed E-state index contributed by atoms with van der Waals surface area (Å²) in [7, 11) is 0. The number of rotatable bonds is 6. The average molecular weight is 292 g/mol. The molecule has 0 saturated heterocycles. The predicted octanol–water partition coefficient (Wildman–Crippen LogP) is 3.69. The third-order valence-electron chi connectivity index (χ3n) is 2.17. The van der Waals surface area contributed by atoms with Gasteiger partial charge in [-0.15, -0.1) is 11.6 Å². The van der Waals surface area contributed by atoms with Crippen LogP contribution >= 0.6 is 27.5 Å². The number of hydrogen-bond acceptors (Lipinski definition) is 2. The summed E-state index contributed by atoms with van der Waals surface area (Å²) in [6.45, 7) is 4.04. The number of pyridine rings is 1. The molecule has 1 aromatic heterocycles. The van der Waals surface area contributed by atoms with Gasteiger partial charge in [0.15, 0.2) is 0 Å². The summed E-state index contributed by atoms with van der Waals surface area (Å²) in [5, 5.41) is 0. The molecule has 1 aromatic rings. The molecular weight excluding hydrogens is 275 g/mol. The highest BCUT2D eigenvalue weighted by atomic mass is 79.9. The van der Waals surface area contributed by atoms with Crippen molar-refractivity contribution in [2.45, 2.75) is 19.8 Å². The second-order valence-electron chi connectivity index (χ2n) is 3.34. The quantitative estimate of drug-likeness (QED) is 0.743. The first-order valence-electron chi connectivity index (χ1n) is 5.21. The van der Waals surface area contributed by atoms with Crippen LogP contribution in [0, 0.1) is 0 Å². The number of aromatic nitrogens is 1. The van der Waals surface area contributed by atoms with Crippen molar-refractivity contribution in [2.75, 3.05) is 23.9 Å². The van der Waals surface area contributed by atoms with Crippen LogP contribution in [0.2, 0.25) is 0 Å². The van der Waals surface area contributed by atoms with Crippen molar-refractivity contribution in [3.63, 3.8) is 0 Å². The van der Waals surface area contributed by atoms with Crippen molar-refractivity contribution < 1.29 is 0 Å². The molecule has 0 spiro atoms. The lowest BCUT2D eigenvalue weighted by atomic mass is 10.3. The first-order valence-corrected chi connectivity index (χ1v) is 6.53. The molecule has 0 aliphatic rings. The number of nitrogens with zero attached hydrogens (tertiary/aromatic N) is 2. The Kier molecular flexibility index (Phi) is 6.03. The van der Waals surface area contributed by atoms with E-state index in [0.717, 1.165) is 23.4 Å². The molecule has 15 heavy (non-hydrogen) atoms. The van der Waals surface area contributed by atoms with Gasteiger partial charge in [0.2, 0.25) is 0 Å². The van der Waals surface area contributed by atoms with E-state index in [9.17, 15) is 0 Å². The Labute approximate surface area is 105 Å². The summed E-state index contributed by atoms with van der Waals surface area (Å²) in [5.74, 6) is 1.62. The zero-order valence-electron chi connectivity index (χ0n) is 8.92. The Bertz CT molecular complexity index is 294. The van der Waals surface area contributed by atoms with E-state index in [-0.39, 0.29) is 0 Å².